The number of sulfonamides is 1. The molecule has 0 aliphatic carbocycles. The van der Waals surface area contributed by atoms with Crippen molar-refractivity contribution in [2.45, 2.75) is 11.3 Å². The van der Waals surface area contributed by atoms with Crippen molar-refractivity contribution in [3.05, 3.63) is 24.0 Å². The van der Waals surface area contributed by atoms with E-state index < -0.39 is 30.6 Å². The molecule has 1 aromatic carbocycles. The third-order valence-corrected chi connectivity index (χ3v) is 4.75. The zero-order chi connectivity index (χ0) is 14.7. The molecule has 6 nitrogen and oxygen atoms in total. The third-order valence-electron chi connectivity index (χ3n) is 2.23. The molecule has 0 spiro atoms. The Morgan fingerprint density at radius 3 is 2.42 bits per heavy atom. The van der Waals surface area contributed by atoms with Crippen molar-refractivity contribution in [3.63, 3.8) is 0 Å². The minimum atomic E-state index is -4.00. The number of hydrogen-bond donors (Lipinski definition) is 2. The first-order valence-electron chi connectivity index (χ1n) is 5.34. The maximum absolute atomic E-state index is 13.4. The van der Waals surface area contributed by atoms with Crippen molar-refractivity contribution in [3.8, 4) is 0 Å². The van der Waals surface area contributed by atoms with E-state index in [9.17, 15) is 21.2 Å². The van der Waals surface area contributed by atoms with Gasteiger partial charge in [-0.1, -0.05) is 0 Å². The Hall–Kier alpha value is -1.19. The highest BCUT2D eigenvalue weighted by Gasteiger charge is 2.18. The summed E-state index contributed by atoms with van der Waals surface area (Å²) >= 11 is 0. The van der Waals surface area contributed by atoms with Gasteiger partial charge in [0.1, 0.15) is 20.5 Å². The number of hydrogen-bond acceptors (Lipinski definition) is 5. The Labute approximate surface area is 111 Å². The molecule has 0 aromatic heterocycles. The first-order valence-corrected chi connectivity index (χ1v) is 8.88. The van der Waals surface area contributed by atoms with Gasteiger partial charge in [0.2, 0.25) is 10.0 Å². The second-order valence-electron chi connectivity index (χ2n) is 4.07. The number of nitrogens with one attached hydrogen (secondary N) is 1. The van der Waals surface area contributed by atoms with E-state index >= 15 is 0 Å². The topological polar surface area (TPSA) is 106 Å². The standard InChI is InChI=1S/C10H15FN2O4S2/c1-18(14,15)6-2-5-13-19(16,17)10-4-3-8(12)7-9(10)11/h3-4,7,13H,2,5-6,12H2,1H3. The molecule has 1 aromatic rings. The Morgan fingerprint density at radius 2 is 1.89 bits per heavy atom. The number of anilines is 1. The summed E-state index contributed by atoms with van der Waals surface area (Å²) in [4.78, 5) is -0.513. The lowest BCUT2D eigenvalue weighted by Gasteiger charge is -2.07. The van der Waals surface area contributed by atoms with E-state index in [1.807, 2.05) is 0 Å². The highest BCUT2D eigenvalue weighted by molar-refractivity contribution is 7.90. The quantitative estimate of drug-likeness (QED) is 0.573. The fourth-order valence-corrected chi connectivity index (χ4v) is 3.15. The minimum absolute atomic E-state index is 0.0841. The van der Waals surface area contributed by atoms with Crippen LogP contribution in [0.5, 0.6) is 0 Å². The summed E-state index contributed by atoms with van der Waals surface area (Å²) in [6.45, 7) is -0.0841. The molecular formula is C10H15FN2O4S2. The minimum Gasteiger partial charge on any atom is -0.399 e. The van der Waals surface area contributed by atoms with E-state index in [2.05, 4.69) is 4.72 Å². The van der Waals surface area contributed by atoms with E-state index in [1.165, 1.54) is 6.07 Å². The van der Waals surface area contributed by atoms with Gasteiger partial charge >= 0.3 is 0 Å². The van der Waals surface area contributed by atoms with Gasteiger partial charge in [0.05, 0.1) is 5.75 Å². The molecule has 0 bridgehead atoms. The number of benzene rings is 1. The highest BCUT2D eigenvalue weighted by atomic mass is 32.2. The SMILES string of the molecule is CS(=O)(=O)CCCNS(=O)(=O)c1ccc(N)cc1F. The molecule has 3 N–H and O–H groups in total. The predicted molar refractivity (Wildman–Crippen MR) is 70.3 cm³/mol. The van der Waals surface area contributed by atoms with Crippen LogP contribution >= 0.6 is 0 Å². The Kier molecular flexibility index (Phi) is 4.88. The zero-order valence-corrected chi connectivity index (χ0v) is 11.9. The molecule has 0 saturated carbocycles. The number of nitrogens with two attached hydrogens (primary N) is 1. The van der Waals surface area contributed by atoms with Crippen molar-refractivity contribution in [1.82, 2.24) is 4.72 Å². The van der Waals surface area contributed by atoms with Gasteiger partial charge in [0.15, 0.2) is 0 Å². The van der Waals surface area contributed by atoms with Gasteiger partial charge in [-0.3, -0.25) is 0 Å². The van der Waals surface area contributed by atoms with Crippen LogP contribution in [-0.4, -0.2) is 35.4 Å². The molecule has 108 valence electrons. The van der Waals surface area contributed by atoms with Crippen molar-refractivity contribution in [2.75, 3.05) is 24.3 Å². The fraction of sp³-hybridized carbons (Fsp3) is 0.400. The molecule has 0 saturated heterocycles. The fourth-order valence-electron chi connectivity index (χ4n) is 1.35. The molecule has 0 atom stereocenters. The Bertz CT molecular complexity index is 656. The lowest BCUT2D eigenvalue weighted by atomic mass is 10.3. The Morgan fingerprint density at radius 1 is 1.26 bits per heavy atom. The number of rotatable bonds is 6. The lowest BCUT2D eigenvalue weighted by Crippen LogP contribution is -2.27. The van der Waals surface area contributed by atoms with Gasteiger partial charge in [-0.15, -0.1) is 0 Å². The number of halogens is 1. The lowest BCUT2D eigenvalue weighted by molar-refractivity contribution is 0.555. The molecule has 19 heavy (non-hydrogen) atoms. The van der Waals surface area contributed by atoms with Crippen LogP contribution in [0.1, 0.15) is 6.42 Å². The first-order chi connectivity index (χ1) is 8.62. The summed E-state index contributed by atoms with van der Waals surface area (Å²) in [5.74, 6) is -1.09. The molecule has 9 heteroatoms. The molecule has 0 radical (unpaired) electrons. The van der Waals surface area contributed by atoms with E-state index in [1.54, 1.807) is 0 Å². The summed E-state index contributed by atoms with van der Waals surface area (Å²) in [7, 11) is -7.15. The smallest absolute Gasteiger partial charge is 0.243 e. The normalized spacial score (nSPS) is 12.5. The summed E-state index contributed by atoms with van der Waals surface area (Å²) in [6, 6.07) is 3.24. The summed E-state index contributed by atoms with van der Waals surface area (Å²) in [5.41, 5.74) is 5.44. The van der Waals surface area contributed by atoms with Gasteiger partial charge in [0.25, 0.3) is 0 Å². The average Bonchev–Trinajstić information content (AvgIpc) is 2.22. The average molecular weight is 310 g/mol. The monoisotopic (exact) mass is 310 g/mol. The molecular weight excluding hydrogens is 295 g/mol. The molecule has 0 aliphatic heterocycles. The number of nitrogen functional groups attached to an aromatic ring is 1. The van der Waals surface area contributed by atoms with Crippen LogP contribution < -0.4 is 10.5 Å². The van der Waals surface area contributed by atoms with Crippen LogP contribution in [0.4, 0.5) is 10.1 Å². The first kappa shape index (κ1) is 15.9. The Balaban J connectivity index is 2.71. The van der Waals surface area contributed by atoms with Crippen LogP contribution in [-0.2, 0) is 19.9 Å². The molecule has 0 amide bonds. The van der Waals surface area contributed by atoms with Crippen LogP contribution in [0.15, 0.2) is 23.1 Å². The highest BCUT2D eigenvalue weighted by Crippen LogP contribution is 2.16. The van der Waals surface area contributed by atoms with Gasteiger partial charge in [-0.2, -0.15) is 0 Å². The van der Waals surface area contributed by atoms with Crippen LogP contribution in [0.2, 0.25) is 0 Å². The van der Waals surface area contributed by atoms with E-state index in [-0.39, 0.29) is 24.4 Å². The van der Waals surface area contributed by atoms with Crippen LogP contribution in [0.3, 0.4) is 0 Å². The summed E-state index contributed by atoms with van der Waals surface area (Å²) < 4.78 is 60.8. The molecule has 1 rings (SSSR count). The van der Waals surface area contributed by atoms with Crippen molar-refractivity contribution < 1.29 is 21.2 Å². The van der Waals surface area contributed by atoms with Gasteiger partial charge in [-0.25, -0.2) is 25.9 Å². The predicted octanol–water partition coefficient (Wildman–Crippen LogP) is 0.121. The zero-order valence-electron chi connectivity index (χ0n) is 10.3. The van der Waals surface area contributed by atoms with E-state index in [0.29, 0.717) is 0 Å². The van der Waals surface area contributed by atoms with Crippen molar-refractivity contribution in [2.24, 2.45) is 0 Å². The maximum atomic E-state index is 13.4. The van der Waals surface area contributed by atoms with Gasteiger partial charge in [-0.05, 0) is 24.6 Å². The van der Waals surface area contributed by atoms with Gasteiger partial charge < -0.3 is 5.73 Å². The second-order valence-corrected chi connectivity index (χ2v) is 8.07. The maximum Gasteiger partial charge on any atom is 0.243 e. The second kappa shape index (κ2) is 5.85. The molecule has 0 unspecified atom stereocenters. The van der Waals surface area contributed by atoms with E-state index in [4.69, 9.17) is 5.73 Å². The van der Waals surface area contributed by atoms with E-state index in [0.717, 1.165) is 18.4 Å². The van der Waals surface area contributed by atoms with Gasteiger partial charge in [0, 0.05) is 18.5 Å². The summed E-state index contributed by atoms with van der Waals surface area (Å²) in [6.07, 6.45) is 1.18. The molecule has 0 heterocycles. The third kappa shape index (κ3) is 5.13. The van der Waals surface area contributed by atoms with Crippen molar-refractivity contribution >= 4 is 25.5 Å². The van der Waals surface area contributed by atoms with Crippen molar-refractivity contribution in [1.29, 1.82) is 0 Å². The molecule has 0 fully saturated rings. The number of sulfone groups is 1. The van der Waals surface area contributed by atoms with Crippen LogP contribution in [0, 0.1) is 5.82 Å². The molecule has 0 aliphatic rings. The van der Waals surface area contributed by atoms with Crippen LogP contribution in [0.25, 0.3) is 0 Å². The summed E-state index contributed by atoms with van der Waals surface area (Å²) in [5, 5.41) is 0. The largest absolute Gasteiger partial charge is 0.399 e.